The van der Waals surface area contributed by atoms with Gasteiger partial charge in [-0.05, 0) is 38.6 Å². The van der Waals surface area contributed by atoms with E-state index in [9.17, 15) is 5.11 Å². The Bertz CT molecular complexity index is 369. The molecule has 0 aliphatic carbocycles. The van der Waals surface area contributed by atoms with Gasteiger partial charge in [-0.1, -0.05) is 18.5 Å². The van der Waals surface area contributed by atoms with Gasteiger partial charge in [-0.15, -0.1) is 0 Å². The smallest absolute Gasteiger partial charge is 0.124 e. The van der Waals surface area contributed by atoms with Crippen LogP contribution in [0.4, 0.5) is 0 Å². The molecule has 0 heterocycles. The van der Waals surface area contributed by atoms with Crippen LogP contribution in [0.3, 0.4) is 0 Å². The minimum absolute atomic E-state index is 0.190. The molecule has 0 saturated heterocycles. The van der Waals surface area contributed by atoms with Crippen LogP contribution >= 0.6 is 11.6 Å². The molecule has 0 spiro atoms. The van der Waals surface area contributed by atoms with Gasteiger partial charge in [-0.25, -0.2) is 0 Å². The van der Waals surface area contributed by atoms with E-state index in [1.807, 2.05) is 18.2 Å². The number of rotatable bonds is 7. The van der Waals surface area contributed by atoms with E-state index >= 15 is 0 Å². The van der Waals surface area contributed by atoms with Crippen LogP contribution in [-0.4, -0.2) is 24.4 Å². The van der Waals surface area contributed by atoms with Crippen molar-refractivity contribution in [3.05, 3.63) is 28.8 Å². The largest absolute Gasteiger partial charge is 0.493 e. The Hall–Kier alpha value is -0.770. The fraction of sp³-hybridized carbons (Fsp3) is 0.571. The van der Waals surface area contributed by atoms with Crippen molar-refractivity contribution in [1.82, 2.24) is 5.32 Å². The number of nitrogens with one attached hydrogen (secondary N) is 1. The minimum Gasteiger partial charge on any atom is -0.493 e. The Labute approximate surface area is 114 Å². The first-order valence-corrected chi connectivity index (χ1v) is 6.76. The fourth-order valence-corrected chi connectivity index (χ4v) is 1.93. The van der Waals surface area contributed by atoms with Crippen LogP contribution in [0.1, 0.15) is 38.8 Å². The van der Waals surface area contributed by atoms with E-state index in [4.69, 9.17) is 16.3 Å². The Morgan fingerprint density at radius 3 is 2.72 bits per heavy atom. The van der Waals surface area contributed by atoms with Crippen molar-refractivity contribution < 1.29 is 9.84 Å². The SMILES string of the molecule is CCNC(C)c1cc(Cl)ccc1OCCC(C)O. The molecule has 2 unspecified atom stereocenters. The molecule has 0 radical (unpaired) electrons. The van der Waals surface area contributed by atoms with E-state index in [0.29, 0.717) is 18.1 Å². The summed E-state index contributed by atoms with van der Waals surface area (Å²) in [6.07, 6.45) is 0.282. The minimum atomic E-state index is -0.341. The van der Waals surface area contributed by atoms with Crippen LogP contribution in [0.2, 0.25) is 5.02 Å². The van der Waals surface area contributed by atoms with Crippen molar-refractivity contribution in [3.63, 3.8) is 0 Å². The molecular weight excluding hydrogens is 250 g/mol. The van der Waals surface area contributed by atoms with Crippen molar-refractivity contribution >= 4 is 11.6 Å². The predicted molar refractivity (Wildman–Crippen MR) is 75.3 cm³/mol. The van der Waals surface area contributed by atoms with Gasteiger partial charge in [0, 0.05) is 23.0 Å². The second-order valence-corrected chi connectivity index (χ2v) is 4.88. The lowest BCUT2D eigenvalue weighted by atomic mass is 10.1. The van der Waals surface area contributed by atoms with Gasteiger partial charge in [0.1, 0.15) is 5.75 Å². The molecular formula is C14H22ClNO2. The predicted octanol–water partition coefficient (Wildman–Crippen LogP) is 3.16. The number of benzene rings is 1. The van der Waals surface area contributed by atoms with Crippen molar-refractivity contribution in [2.75, 3.05) is 13.2 Å². The summed E-state index contributed by atoms with van der Waals surface area (Å²) >= 11 is 6.02. The first kappa shape index (κ1) is 15.3. The van der Waals surface area contributed by atoms with Crippen molar-refractivity contribution in [2.45, 2.75) is 39.3 Å². The fourth-order valence-electron chi connectivity index (χ4n) is 1.74. The number of aliphatic hydroxyl groups excluding tert-OH is 1. The highest BCUT2D eigenvalue weighted by atomic mass is 35.5. The number of hydrogen-bond acceptors (Lipinski definition) is 3. The molecule has 2 atom stereocenters. The average molecular weight is 272 g/mol. The number of hydrogen-bond donors (Lipinski definition) is 2. The molecule has 0 saturated carbocycles. The monoisotopic (exact) mass is 271 g/mol. The lowest BCUT2D eigenvalue weighted by Gasteiger charge is -2.18. The third kappa shape index (κ3) is 4.84. The highest BCUT2D eigenvalue weighted by molar-refractivity contribution is 6.30. The van der Waals surface area contributed by atoms with Gasteiger partial charge in [0.05, 0.1) is 12.7 Å². The summed E-state index contributed by atoms with van der Waals surface area (Å²) in [6, 6.07) is 5.82. The third-order valence-electron chi connectivity index (χ3n) is 2.74. The first-order valence-electron chi connectivity index (χ1n) is 6.38. The van der Waals surface area contributed by atoms with E-state index in [1.165, 1.54) is 0 Å². The standard InChI is InChI=1S/C14H22ClNO2/c1-4-16-11(3)13-9-12(15)5-6-14(13)18-8-7-10(2)17/h5-6,9-11,16-17H,4,7-8H2,1-3H3. The summed E-state index contributed by atoms with van der Waals surface area (Å²) in [7, 11) is 0. The topological polar surface area (TPSA) is 41.5 Å². The second kappa shape index (κ2) is 7.62. The Balaban J connectivity index is 2.76. The van der Waals surface area contributed by atoms with Gasteiger partial charge in [-0.2, -0.15) is 0 Å². The van der Waals surface area contributed by atoms with Crippen molar-refractivity contribution in [2.24, 2.45) is 0 Å². The second-order valence-electron chi connectivity index (χ2n) is 4.45. The summed E-state index contributed by atoms with van der Waals surface area (Å²) in [6.45, 7) is 7.30. The van der Waals surface area contributed by atoms with Crippen molar-refractivity contribution in [3.8, 4) is 5.75 Å². The molecule has 0 amide bonds. The quantitative estimate of drug-likeness (QED) is 0.800. The Morgan fingerprint density at radius 2 is 2.11 bits per heavy atom. The average Bonchev–Trinajstić information content (AvgIpc) is 2.31. The summed E-state index contributed by atoms with van der Waals surface area (Å²) < 4.78 is 5.71. The van der Waals surface area contributed by atoms with E-state index in [2.05, 4.69) is 19.2 Å². The molecule has 0 aliphatic rings. The zero-order valence-corrected chi connectivity index (χ0v) is 12.0. The zero-order valence-electron chi connectivity index (χ0n) is 11.2. The maximum absolute atomic E-state index is 9.22. The molecule has 3 nitrogen and oxygen atoms in total. The molecule has 4 heteroatoms. The van der Waals surface area contributed by atoms with Crippen LogP contribution in [-0.2, 0) is 0 Å². The van der Waals surface area contributed by atoms with Crippen LogP contribution in [0.5, 0.6) is 5.75 Å². The Kier molecular flexibility index (Phi) is 6.47. The Morgan fingerprint density at radius 1 is 1.39 bits per heavy atom. The molecule has 102 valence electrons. The highest BCUT2D eigenvalue weighted by Crippen LogP contribution is 2.28. The van der Waals surface area contributed by atoms with Gasteiger partial charge < -0.3 is 15.2 Å². The summed E-state index contributed by atoms with van der Waals surface area (Å²) in [5.41, 5.74) is 1.05. The van der Waals surface area contributed by atoms with Crippen molar-refractivity contribution in [1.29, 1.82) is 0 Å². The van der Waals surface area contributed by atoms with Crippen LogP contribution in [0, 0.1) is 0 Å². The highest BCUT2D eigenvalue weighted by Gasteiger charge is 2.11. The number of ether oxygens (including phenoxy) is 1. The van der Waals surface area contributed by atoms with E-state index in [-0.39, 0.29) is 12.1 Å². The van der Waals surface area contributed by atoms with Gasteiger partial charge in [0.2, 0.25) is 0 Å². The molecule has 1 rings (SSSR count). The molecule has 0 bridgehead atoms. The number of aliphatic hydroxyl groups is 1. The molecule has 1 aromatic carbocycles. The van der Waals surface area contributed by atoms with Gasteiger partial charge in [-0.3, -0.25) is 0 Å². The molecule has 2 N–H and O–H groups in total. The lowest BCUT2D eigenvalue weighted by molar-refractivity contribution is 0.155. The maximum Gasteiger partial charge on any atom is 0.124 e. The lowest BCUT2D eigenvalue weighted by Crippen LogP contribution is -2.19. The normalized spacial score (nSPS) is 14.3. The summed E-state index contributed by atoms with van der Waals surface area (Å²) in [5, 5.41) is 13.3. The third-order valence-corrected chi connectivity index (χ3v) is 2.98. The summed E-state index contributed by atoms with van der Waals surface area (Å²) in [5.74, 6) is 0.827. The zero-order chi connectivity index (χ0) is 13.5. The first-order chi connectivity index (χ1) is 8.54. The van der Waals surface area contributed by atoms with E-state index in [1.54, 1.807) is 6.92 Å². The number of halogens is 1. The molecule has 1 aromatic rings. The van der Waals surface area contributed by atoms with E-state index < -0.39 is 0 Å². The maximum atomic E-state index is 9.22. The summed E-state index contributed by atoms with van der Waals surface area (Å²) in [4.78, 5) is 0. The van der Waals surface area contributed by atoms with Crippen LogP contribution in [0.25, 0.3) is 0 Å². The molecule has 18 heavy (non-hydrogen) atoms. The van der Waals surface area contributed by atoms with Crippen LogP contribution < -0.4 is 10.1 Å². The van der Waals surface area contributed by atoms with Gasteiger partial charge in [0.25, 0.3) is 0 Å². The van der Waals surface area contributed by atoms with Crippen LogP contribution in [0.15, 0.2) is 18.2 Å². The van der Waals surface area contributed by atoms with E-state index in [0.717, 1.165) is 17.9 Å². The molecule has 0 fully saturated rings. The molecule has 0 aromatic heterocycles. The van der Waals surface area contributed by atoms with Gasteiger partial charge in [0.15, 0.2) is 0 Å². The van der Waals surface area contributed by atoms with Gasteiger partial charge >= 0.3 is 0 Å². The molecule has 0 aliphatic heterocycles.